The molecule has 2 aromatic heterocycles. The summed E-state index contributed by atoms with van der Waals surface area (Å²) < 4.78 is 28.6. The van der Waals surface area contributed by atoms with Crippen molar-refractivity contribution in [2.75, 3.05) is 37.7 Å². The Balaban J connectivity index is 1.13. The molecule has 1 atom stereocenters. The van der Waals surface area contributed by atoms with Gasteiger partial charge in [-0.1, -0.05) is 23.7 Å². The van der Waals surface area contributed by atoms with Gasteiger partial charge in [-0.3, -0.25) is 4.90 Å². The number of carbonyl (C=O) groups is 1. The van der Waals surface area contributed by atoms with Crippen molar-refractivity contribution in [3.8, 4) is 11.5 Å². The lowest BCUT2D eigenvalue weighted by Gasteiger charge is -2.38. The molecule has 4 heterocycles. The minimum Gasteiger partial charge on any atom is -0.483 e. The fraction of sp³-hybridized carbons (Fsp3) is 0.296. The van der Waals surface area contributed by atoms with Crippen LogP contribution in [0.2, 0.25) is 5.02 Å². The highest BCUT2D eigenvalue weighted by Crippen LogP contribution is 2.44. The van der Waals surface area contributed by atoms with E-state index in [9.17, 15) is 14.3 Å². The van der Waals surface area contributed by atoms with Gasteiger partial charge in [-0.25, -0.2) is 19.2 Å². The van der Waals surface area contributed by atoms with E-state index in [4.69, 9.17) is 21.1 Å². The first kappa shape index (κ1) is 24.4. The van der Waals surface area contributed by atoms with Crippen LogP contribution in [0.4, 0.5) is 10.1 Å². The molecule has 1 N–H and O–H groups in total. The molecule has 0 spiro atoms. The lowest BCUT2D eigenvalue weighted by molar-refractivity contribution is 0.0691. The number of benzene rings is 2. The summed E-state index contributed by atoms with van der Waals surface area (Å²) in [5, 5.41) is 9.58. The van der Waals surface area contributed by atoms with E-state index < -0.39 is 17.9 Å². The van der Waals surface area contributed by atoms with E-state index in [1.165, 1.54) is 12.1 Å². The maximum Gasteiger partial charge on any atom is 0.354 e. The van der Waals surface area contributed by atoms with Crippen molar-refractivity contribution >= 4 is 34.4 Å². The number of piperazine rings is 1. The molecule has 2 aromatic carbocycles. The van der Waals surface area contributed by atoms with Crippen LogP contribution in [0.5, 0.6) is 11.5 Å². The standard InChI is InChI=1S/C27H25ClFN5O4/c1-32-24(30-19-7-8-20(27(35)36)31-26(19)32)14-33-9-11-34(12-10-33)21-3-2-4-22-25(21)37-15-23(38-22)17-6-5-16(28)13-18(17)29/h2-8,13,23H,9-12,14-15H2,1H3,(H,35,36). The second-order valence-electron chi connectivity index (χ2n) is 9.38. The number of fused-ring (bicyclic) bond motifs is 2. The molecule has 196 valence electrons. The third-order valence-electron chi connectivity index (χ3n) is 7.02. The van der Waals surface area contributed by atoms with Crippen LogP contribution in [0.1, 0.15) is 28.0 Å². The first-order valence-corrected chi connectivity index (χ1v) is 12.7. The molecule has 0 aliphatic carbocycles. The van der Waals surface area contributed by atoms with Gasteiger partial charge in [-0.15, -0.1) is 0 Å². The predicted octanol–water partition coefficient (Wildman–Crippen LogP) is 4.29. The van der Waals surface area contributed by atoms with Crippen LogP contribution in [0.3, 0.4) is 0 Å². The van der Waals surface area contributed by atoms with Gasteiger partial charge in [0.2, 0.25) is 0 Å². The molecule has 0 saturated carbocycles. The molecule has 0 amide bonds. The molecule has 0 bridgehead atoms. The van der Waals surface area contributed by atoms with Crippen molar-refractivity contribution in [2.45, 2.75) is 12.6 Å². The number of nitrogens with zero attached hydrogens (tertiary/aromatic N) is 5. The van der Waals surface area contributed by atoms with Gasteiger partial charge >= 0.3 is 5.97 Å². The molecule has 6 rings (SSSR count). The zero-order valence-electron chi connectivity index (χ0n) is 20.6. The van der Waals surface area contributed by atoms with E-state index in [0.717, 1.165) is 37.7 Å². The van der Waals surface area contributed by atoms with Crippen LogP contribution in [0, 0.1) is 5.82 Å². The Morgan fingerprint density at radius 2 is 1.95 bits per heavy atom. The van der Waals surface area contributed by atoms with Crippen LogP contribution >= 0.6 is 11.6 Å². The maximum absolute atomic E-state index is 14.4. The summed E-state index contributed by atoms with van der Waals surface area (Å²) in [4.78, 5) is 24.8. The van der Waals surface area contributed by atoms with Gasteiger partial charge in [0, 0.05) is 43.8 Å². The first-order chi connectivity index (χ1) is 18.4. The van der Waals surface area contributed by atoms with Crippen molar-refractivity contribution < 1.29 is 23.8 Å². The average Bonchev–Trinajstić information content (AvgIpc) is 3.22. The number of ether oxygens (including phenoxy) is 2. The third kappa shape index (κ3) is 4.50. The van der Waals surface area contributed by atoms with Crippen LogP contribution in [0.15, 0.2) is 48.5 Å². The number of para-hydroxylation sites is 1. The maximum atomic E-state index is 14.4. The van der Waals surface area contributed by atoms with Gasteiger partial charge in [-0.05, 0) is 36.4 Å². The molecule has 2 aliphatic rings. The van der Waals surface area contributed by atoms with Crippen LogP contribution in [-0.2, 0) is 13.6 Å². The van der Waals surface area contributed by atoms with Crippen LogP contribution in [0.25, 0.3) is 11.2 Å². The van der Waals surface area contributed by atoms with Crippen molar-refractivity contribution in [3.05, 3.63) is 76.5 Å². The predicted molar refractivity (Wildman–Crippen MR) is 140 cm³/mol. The molecule has 2 aliphatic heterocycles. The third-order valence-corrected chi connectivity index (χ3v) is 7.26. The number of carboxylic acids is 1. The van der Waals surface area contributed by atoms with E-state index in [2.05, 4.69) is 19.8 Å². The zero-order chi connectivity index (χ0) is 26.4. The van der Waals surface area contributed by atoms with Gasteiger partial charge in [0.25, 0.3) is 0 Å². The second-order valence-corrected chi connectivity index (χ2v) is 9.82. The number of carboxylic acid groups (broad SMARTS) is 1. The van der Waals surface area contributed by atoms with E-state index in [0.29, 0.717) is 39.8 Å². The summed E-state index contributed by atoms with van der Waals surface area (Å²) in [5.41, 5.74) is 2.60. The SMILES string of the molecule is Cn1c(CN2CCN(c3cccc4c3OCC(c3ccc(Cl)cc3F)O4)CC2)nc2ccc(C(=O)O)nc21. The molecule has 1 unspecified atom stereocenters. The molecular formula is C27H25ClFN5O4. The summed E-state index contributed by atoms with van der Waals surface area (Å²) in [6, 6.07) is 13.5. The number of aryl methyl sites for hydroxylation is 1. The normalized spacial score (nSPS) is 17.7. The number of pyridine rings is 1. The number of imidazole rings is 1. The first-order valence-electron chi connectivity index (χ1n) is 12.3. The van der Waals surface area contributed by atoms with Crippen molar-refractivity contribution in [2.24, 2.45) is 7.05 Å². The van der Waals surface area contributed by atoms with Gasteiger partial charge < -0.3 is 24.0 Å². The quantitative estimate of drug-likeness (QED) is 0.403. The van der Waals surface area contributed by atoms with Crippen molar-refractivity contribution in [1.29, 1.82) is 0 Å². The summed E-state index contributed by atoms with van der Waals surface area (Å²) in [6.07, 6.45) is -0.554. The van der Waals surface area contributed by atoms with Crippen molar-refractivity contribution in [1.82, 2.24) is 19.4 Å². The van der Waals surface area contributed by atoms with Crippen LogP contribution < -0.4 is 14.4 Å². The molecule has 11 heteroatoms. The van der Waals surface area contributed by atoms with Crippen LogP contribution in [-0.4, -0.2) is 63.3 Å². The Kier molecular flexibility index (Phi) is 6.29. The lowest BCUT2D eigenvalue weighted by Crippen LogP contribution is -2.46. The number of aromatic nitrogens is 3. The molecule has 38 heavy (non-hydrogen) atoms. The van der Waals surface area contributed by atoms with Gasteiger partial charge in [0.05, 0.1) is 12.2 Å². The monoisotopic (exact) mass is 537 g/mol. The smallest absolute Gasteiger partial charge is 0.354 e. The summed E-state index contributed by atoms with van der Waals surface area (Å²) in [6.45, 7) is 4.00. The Bertz CT molecular complexity index is 1540. The fourth-order valence-corrected chi connectivity index (χ4v) is 5.13. The highest BCUT2D eigenvalue weighted by molar-refractivity contribution is 6.30. The minimum atomic E-state index is -1.06. The van der Waals surface area contributed by atoms with Gasteiger partial charge in [0.15, 0.2) is 28.9 Å². The fourth-order valence-electron chi connectivity index (χ4n) is 4.97. The molecule has 1 saturated heterocycles. The zero-order valence-corrected chi connectivity index (χ0v) is 21.4. The van der Waals surface area contributed by atoms with E-state index in [1.54, 1.807) is 18.2 Å². The van der Waals surface area contributed by atoms with Gasteiger partial charge in [0.1, 0.15) is 23.8 Å². The highest BCUT2D eigenvalue weighted by atomic mass is 35.5. The number of aromatic carboxylic acids is 1. The van der Waals surface area contributed by atoms with E-state index in [-0.39, 0.29) is 12.3 Å². The Morgan fingerprint density at radius 1 is 1.13 bits per heavy atom. The number of hydrogen-bond donors (Lipinski definition) is 1. The lowest BCUT2D eigenvalue weighted by atomic mass is 10.1. The molecule has 4 aromatic rings. The molecular weight excluding hydrogens is 513 g/mol. The minimum absolute atomic E-state index is 0.00248. The number of halogens is 2. The van der Waals surface area contributed by atoms with Crippen molar-refractivity contribution in [3.63, 3.8) is 0 Å². The average molecular weight is 538 g/mol. The summed E-state index contributed by atoms with van der Waals surface area (Å²) in [7, 11) is 1.86. The van der Waals surface area contributed by atoms with E-state index in [1.807, 2.05) is 29.8 Å². The van der Waals surface area contributed by atoms with E-state index >= 15 is 0 Å². The topological polar surface area (TPSA) is 93.0 Å². The Morgan fingerprint density at radius 3 is 2.71 bits per heavy atom. The number of anilines is 1. The largest absolute Gasteiger partial charge is 0.483 e. The molecule has 1 fully saturated rings. The highest BCUT2D eigenvalue weighted by Gasteiger charge is 2.29. The number of rotatable bonds is 5. The number of hydrogen-bond acceptors (Lipinski definition) is 7. The second kappa shape index (κ2) is 9.77. The molecule has 9 nitrogen and oxygen atoms in total. The Labute approximate surface area is 223 Å². The summed E-state index contributed by atoms with van der Waals surface area (Å²) >= 11 is 5.89. The Hall–Kier alpha value is -3.89. The van der Waals surface area contributed by atoms with Gasteiger partial charge in [-0.2, -0.15) is 0 Å². The summed E-state index contributed by atoms with van der Waals surface area (Å²) in [5.74, 6) is 0.611. The molecule has 0 radical (unpaired) electrons.